The van der Waals surface area contributed by atoms with E-state index in [-0.39, 0.29) is 17.3 Å². The summed E-state index contributed by atoms with van der Waals surface area (Å²) in [6, 6.07) is 0. The first-order valence-electron chi connectivity index (χ1n) is 11.2. The highest BCUT2D eigenvalue weighted by molar-refractivity contribution is 7.92. The van der Waals surface area contributed by atoms with Crippen molar-refractivity contribution in [1.29, 1.82) is 0 Å². The second-order valence-electron chi connectivity index (χ2n) is 7.94. The van der Waals surface area contributed by atoms with Crippen molar-refractivity contribution in [1.82, 2.24) is 0 Å². The Kier molecular flexibility index (Phi) is 14.5. The van der Waals surface area contributed by atoms with E-state index in [9.17, 15) is 9.35 Å². The number of esters is 1. The normalized spacial score (nSPS) is 21.5. The van der Waals surface area contributed by atoms with Crippen LogP contribution in [-0.4, -0.2) is 27.6 Å². The van der Waals surface area contributed by atoms with Crippen LogP contribution in [0.15, 0.2) is 0 Å². The first-order valence-corrected chi connectivity index (χ1v) is 12.6. The number of hydrogen-bond donors (Lipinski definition) is 0. The van der Waals surface area contributed by atoms with Crippen molar-refractivity contribution < 1.29 is 14.1 Å². The third-order valence-electron chi connectivity index (χ3n) is 5.50. The number of carbonyl (C=O) groups is 1. The molecule has 1 aliphatic rings. The van der Waals surface area contributed by atoms with Crippen LogP contribution in [-0.2, 0) is 20.7 Å². The molecule has 0 aromatic carbocycles. The first kappa shape index (κ1) is 23.8. The third-order valence-corrected chi connectivity index (χ3v) is 7.40. The lowest BCUT2D eigenvalue weighted by atomic mass is 9.97. The molecule has 0 aromatic rings. The zero-order chi connectivity index (χ0) is 19.0. The van der Waals surface area contributed by atoms with Crippen molar-refractivity contribution in [2.24, 2.45) is 0 Å². The second-order valence-corrected chi connectivity index (χ2v) is 9.72. The first-order chi connectivity index (χ1) is 12.6. The van der Waals surface area contributed by atoms with Crippen LogP contribution in [0.25, 0.3) is 0 Å². The van der Waals surface area contributed by atoms with Gasteiger partial charge in [0.05, 0.1) is 0 Å². The Morgan fingerprint density at radius 2 is 1.38 bits per heavy atom. The predicted octanol–water partition coefficient (Wildman–Crippen LogP) is 6.31. The number of ether oxygens (including phenoxy) is 1. The Bertz CT molecular complexity index is 348. The number of carbonyl (C=O) groups excluding carboxylic acids is 1. The molecule has 0 spiro atoms. The van der Waals surface area contributed by atoms with Crippen LogP contribution in [0.4, 0.5) is 0 Å². The molecule has 3 nitrogen and oxygen atoms in total. The highest BCUT2D eigenvalue weighted by atomic mass is 32.2. The maximum atomic E-state index is 12.6. The van der Waals surface area contributed by atoms with Gasteiger partial charge in [0, 0.05) is 6.92 Å². The largest absolute Gasteiger partial charge is 0.616 e. The SMILES string of the molecule is CCCCCCCCCCCCCC[S@@+]([O-])[C@H]1CCCCC1OC(C)=O. The molecule has 0 aliphatic heterocycles. The van der Waals surface area contributed by atoms with Crippen molar-refractivity contribution >= 4 is 17.1 Å². The van der Waals surface area contributed by atoms with Crippen molar-refractivity contribution in [2.75, 3.05) is 5.75 Å². The van der Waals surface area contributed by atoms with Gasteiger partial charge in [-0.05, 0) is 49.7 Å². The van der Waals surface area contributed by atoms with Crippen LogP contribution >= 0.6 is 0 Å². The van der Waals surface area contributed by atoms with Gasteiger partial charge in [0.2, 0.25) is 0 Å². The summed E-state index contributed by atoms with van der Waals surface area (Å²) in [6.07, 6.45) is 19.8. The lowest BCUT2D eigenvalue weighted by molar-refractivity contribution is -0.147. The molecule has 1 saturated carbocycles. The average molecular weight is 387 g/mol. The molecule has 1 fully saturated rings. The van der Waals surface area contributed by atoms with Gasteiger partial charge in [0.1, 0.15) is 11.9 Å². The summed E-state index contributed by atoms with van der Waals surface area (Å²) in [5.74, 6) is 0.545. The van der Waals surface area contributed by atoms with Crippen LogP contribution in [0.3, 0.4) is 0 Å². The molecule has 0 heterocycles. The van der Waals surface area contributed by atoms with Gasteiger partial charge in [-0.3, -0.25) is 4.79 Å². The molecule has 0 bridgehead atoms. The maximum absolute atomic E-state index is 12.6. The second kappa shape index (κ2) is 15.8. The van der Waals surface area contributed by atoms with E-state index in [2.05, 4.69) is 6.92 Å². The van der Waals surface area contributed by atoms with E-state index in [1.54, 1.807) is 0 Å². The lowest BCUT2D eigenvalue weighted by Gasteiger charge is -2.32. The zero-order valence-electron chi connectivity index (χ0n) is 17.3. The van der Waals surface area contributed by atoms with E-state index in [1.165, 1.54) is 77.6 Å². The van der Waals surface area contributed by atoms with Crippen molar-refractivity contribution in [2.45, 2.75) is 128 Å². The minimum atomic E-state index is -0.845. The van der Waals surface area contributed by atoms with Crippen LogP contribution < -0.4 is 0 Å². The van der Waals surface area contributed by atoms with Gasteiger partial charge in [0.15, 0.2) is 5.25 Å². The Hall–Kier alpha value is -0.220. The van der Waals surface area contributed by atoms with Crippen LogP contribution in [0.1, 0.15) is 117 Å². The maximum Gasteiger partial charge on any atom is 0.303 e. The van der Waals surface area contributed by atoms with E-state index in [0.717, 1.165) is 37.9 Å². The molecule has 154 valence electrons. The number of unbranched alkanes of at least 4 members (excludes halogenated alkanes) is 11. The van der Waals surface area contributed by atoms with Gasteiger partial charge in [-0.2, -0.15) is 0 Å². The molecular formula is C22H42O3S. The Labute approximate surface area is 165 Å². The van der Waals surface area contributed by atoms with E-state index in [0.29, 0.717) is 0 Å². The molecule has 0 saturated heterocycles. The van der Waals surface area contributed by atoms with Gasteiger partial charge in [0.25, 0.3) is 0 Å². The molecule has 0 aromatic heterocycles. The van der Waals surface area contributed by atoms with Crippen molar-refractivity contribution in [3.63, 3.8) is 0 Å². The molecule has 26 heavy (non-hydrogen) atoms. The van der Waals surface area contributed by atoms with E-state index < -0.39 is 11.2 Å². The van der Waals surface area contributed by atoms with Gasteiger partial charge in [-0.25, -0.2) is 0 Å². The third kappa shape index (κ3) is 11.5. The zero-order valence-corrected chi connectivity index (χ0v) is 18.1. The fourth-order valence-corrected chi connectivity index (χ4v) is 5.70. The fourth-order valence-electron chi connectivity index (χ4n) is 3.95. The minimum Gasteiger partial charge on any atom is -0.616 e. The van der Waals surface area contributed by atoms with Crippen molar-refractivity contribution in [3.8, 4) is 0 Å². The fraction of sp³-hybridized carbons (Fsp3) is 0.955. The van der Waals surface area contributed by atoms with Gasteiger partial charge in [-0.1, -0.05) is 71.1 Å². The smallest absolute Gasteiger partial charge is 0.303 e. The molecule has 0 amide bonds. The monoisotopic (exact) mass is 386 g/mol. The summed E-state index contributed by atoms with van der Waals surface area (Å²) in [7, 11) is 0. The predicted molar refractivity (Wildman–Crippen MR) is 112 cm³/mol. The highest BCUT2D eigenvalue weighted by Crippen LogP contribution is 2.28. The summed E-state index contributed by atoms with van der Waals surface area (Å²) in [6.45, 7) is 3.72. The molecule has 4 heteroatoms. The van der Waals surface area contributed by atoms with Crippen LogP contribution in [0, 0.1) is 0 Å². The summed E-state index contributed by atoms with van der Waals surface area (Å²) in [5, 5.41) is 0.0698. The average Bonchev–Trinajstić information content (AvgIpc) is 2.62. The Morgan fingerprint density at radius 3 is 1.92 bits per heavy atom. The van der Waals surface area contributed by atoms with Crippen molar-refractivity contribution in [3.05, 3.63) is 0 Å². The molecule has 0 N–H and O–H groups in total. The molecule has 1 rings (SSSR count). The summed E-state index contributed by atoms with van der Waals surface area (Å²) < 4.78 is 18.0. The Balaban J connectivity index is 1.98. The summed E-state index contributed by atoms with van der Waals surface area (Å²) in [5.41, 5.74) is 0. The summed E-state index contributed by atoms with van der Waals surface area (Å²) >= 11 is -0.845. The van der Waals surface area contributed by atoms with Crippen LogP contribution in [0.5, 0.6) is 0 Å². The number of hydrogen-bond acceptors (Lipinski definition) is 3. The minimum absolute atomic E-state index is 0.0698. The Morgan fingerprint density at radius 1 is 0.885 bits per heavy atom. The summed E-state index contributed by atoms with van der Waals surface area (Å²) in [4.78, 5) is 11.2. The van der Waals surface area contributed by atoms with Gasteiger partial charge >= 0.3 is 5.97 Å². The van der Waals surface area contributed by atoms with Gasteiger partial charge < -0.3 is 9.29 Å². The van der Waals surface area contributed by atoms with Gasteiger partial charge in [-0.15, -0.1) is 0 Å². The van der Waals surface area contributed by atoms with E-state index in [1.807, 2.05) is 0 Å². The van der Waals surface area contributed by atoms with E-state index >= 15 is 0 Å². The van der Waals surface area contributed by atoms with E-state index in [4.69, 9.17) is 4.74 Å². The molecule has 1 unspecified atom stereocenters. The van der Waals surface area contributed by atoms with Crippen LogP contribution in [0.2, 0.25) is 0 Å². The number of rotatable bonds is 15. The highest BCUT2D eigenvalue weighted by Gasteiger charge is 2.35. The lowest BCUT2D eigenvalue weighted by Crippen LogP contribution is -2.40. The standard InChI is InChI=1S/C22H42O3S/c1-3-4-5-6-7-8-9-10-11-12-13-16-19-26(24)22-18-15-14-17-21(22)25-20(2)23/h21-22H,3-19H2,1-2H3/t21?,22-,26+/m0/s1. The molecule has 1 aliphatic carbocycles. The quantitative estimate of drug-likeness (QED) is 0.188. The topological polar surface area (TPSA) is 49.4 Å². The molecular weight excluding hydrogens is 344 g/mol. The molecule has 0 radical (unpaired) electrons. The molecule has 3 atom stereocenters.